The van der Waals surface area contributed by atoms with E-state index in [0.29, 0.717) is 11.3 Å². The van der Waals surface area contributed by atoms with Crippen LogP contribution in [0, 0.1) is 0 Å². The van der Waals surface area contributed by atoms with Crippen LogP contribution in [0.3, 0.4) is 0 Å². The molecule has 0 aromatic heterocycles. The summed E-state index contributed by atoms with van der Waals surface area (Å²) in [6.45, 7) is 1.60. The summed E-state index contributed by atoms with van der Waals surface area (Å²) in [5.74, 6) is -1.52. The second kappa shape index (κ2) is 10.0. The second-order valence-corrected chi connectivity index (χ2v) is 6.36. The number of anilines is 1. The maximum absolute atomic E-state index is 12.0. The van der Waals surface area contributed by atoms with Crippen molar-refractivity contribution in [1.82, 2.24) is 0 Å². The van der Waals surface area contributed by atoms with E-state index in [0.717, 1.165) is 16.3 Å². The molecule has 1 N–H and O–H groups in total. The molecule has 0 radical (unpaired) electrons. The SMILES string of the molecule is CCOC(=O)c1ccc(NC(=O)COC(=O)C=Cc2cccc3ccccc23)cc1. The number of carbonyl (C=O) groups is 3. The van der Waals surface area contributed by atoms with Gasteiger partial charge in [-0.3, -0.25) is 4.79 Å². The fourth-order valence-electron chi connectivity index (χ4n) is 2.84. The Morgan fingerprint density at radius 3 is 2.40 bits per heavy atom. The Hall–Kier alpha value is -3.93. The van der Waals surface area contributed by atoms with E-state index in [1.807, 2.05) is 42.5 Å². The molecule has 3 rings (SSSR count). The topological polar surface area (TPSA) is 81.7 Å². The average Bonchev–Trinajstić information content (AvgIpc) is 2.77. The summed E-state index contributed by atoms with van der Waals surface area (Å²) in [6, 6.07) is 19.9. The van der Waals surface area contributed by atoms with Crippen LogP contribution in [0.5, 0.6) is 0 Å². The van der Waals surface area contributed by atoms with E-state index >= 15 is 0 Å². The van der Waals surface area contributed by atoms with Gasteiger partial charge >= 0.3 is 11.9 Å². The van der Waals surface area contributed by atoms with Crippen molar-refractivity contribution in [1.29, 1.82) is 0 Å². The van der Waals surface area contributed by atoms with Gasteiger partial charge in [0.15, 0.2) is 6.61 Å². The van der Waals surface area contributed by atoms with E-state index in [1.165, 1.54) is 6.08 Å². The lowest BCUT2D eigenvalue weighted by molar-refractivity contribution is -0.142. The van der Waals surface area contributed by atoms with Crippen LogP contribution < -0.4 is 5.32 Å². The molecule has 0 aliphatic rings. The smallest absolute Gasteiger partial charge is 0.338 e. The third-order valence-corrected chi connectivity index (χ3v) is 4.25. The molecule has 152 valence electrons. The molecule has 0 saturated heterocycles. The van der Waals surface area contributed by atoms with Gasteiger partial charge in [0, 0.05) is 11.8 Å². The molecular weight excluding hydrogens is 382 g/mol. The molecule has 0 aliphatic heterocycles. The summed E-state index contributed by atoms with van der Waals surface area (Å²) in [5.41, 5.74) is 1.76. The first kappa shape index (κ1) is 20.8. The minimum Gasteiger partial charge on any atom is -0.462 e. The average molecular weight is 403 g/mol. The highest BCUT2D eigenvalue weighted by Crippen LogP contribution is 2.19. The van der Waals surface area contributed by atoms with Crippen LogP contribution in [0.2, 0.25) is 0 Å². The third kappa shape index (κ3) is 5.54. The third-order valence-electron chi connectivity index (χ3n) is 4.25. The normalized spacial score (nSPS) is 10.7. The fourth-order valence-corrected chi connectivity index (χ4v) is 2.84. The zero-order chi connectivity index (χ0) is 21.3. The number of ether oxygens (including phenoxy) is 2. The molecule has 30 heavy (non-hydrogen) atoms. The number of esters is 2. The van der Waals surface area contributed by atoms with Crippen LogP contribution in [0.15, 0.2) is 72.8 Å². The highest BCUT2D eigenvalue weighted by Gasteiger charge is 2.09. The Morgan fingerprint density at radius 1 is 0.900 bits per heavy atom. The summed E-state index contributed by atoms with van der Waals surface area (Å²) in [4.78, 5) is 35.6. The van der Waals surface area contributed by atoms with Crippen LogP contribution in [0.25, 0.3) is 16.8 Å². The van der Waals surface area contributed by atoms with E-state index in [9.17, 15) is 14.4 Å². The number of benzene rings is 3. The fraction of sp³-hybridized carbons (Fsp3) is 0.125. The van der Waals surface area contributed by atoms with Crippen molar-refractivity contribution in [3.63, 3.8) is 0 Å². The van der Waals surface area contributed by atoms with Gasteiger partial charge in [0.25, 0.3) is 5.91 Å². The Morgan fingerprint density at radius 2 is 1.63 bits per heavy atom. The molecule has 0 unspecified atom stereocenters. The van der Waals surface area contributed by atoms with Gasteiger partial charge in [-0.1, -0.05) is 42.5 Å². The van der Waals surface area contributed by atoms with Gasteiger partial charge in [0.1, 0.15) is 0 Å². The standard InChI is InChI=1S/C24H21NO5/c1-2-29-24(28)19-10-13-20(14-11-19)25-22(26)16-30-23(27)15-12-18-8-5-7-17-6-3-4-9-21(17)18/h3-15H,2,16H2,1H3,(H,25,26). The number of amides is 1. The van der Waals surface area contributed by atoms with E-state index in [1.54, 1.807) is 37.3 Å². The van der Waals surface area contributed by atoms with Crippen LogP contribution >= 0.6 is 0 Å². The highest BCUT2D eigenvalue weighted by molar-refractivity contribution is 5.97. The largest absolute Gasteiger partial charge is 0.462 e. The quantitative estimate of drug-likeness (QED) is 0.472. The minimum atomic E-state index is -0.615. The molecular formula is C24H21NO5. The van der Waals surface area contributed by atoms with Gasteiger partial charge in [-0.05, 0) is 53.6 Å². The first-order valence-electron chi connectivity index (χ1n) is 9.46. The van der Waals surface area contributed by atoms with Crippen LogP contribution in [-0.2, 0) is 19.1 Å². The van der Waals surface area contributed by atoms with E-state index in [2.05, 4.69) is 5.32 Å². The van der Waals surface area contributed by atoms with Crippen molar-refractivity contribution in [2.75, 3.05) is 18.5 Å². The summed E-state index contributed by atoms with van der Waals surface area (Å²) >= 11 is 0. The van der Waals surface area contributed by atoms with Crippen molar-refractivity contribution >= 4 is 40.4 Å². The lowest BCUT2D eigenvalue weighted by Crippen LogP contribution is -2.20. The second-order valence-electron chi connectivity index (χ2n) is 6.36. The maximum Gasteiger partial charge on any atom is 0.338 e. The van der Waals surface area contributed by atoms with Gasteiger partial charge in [0.05, 0.1) is 12.2 Å². The number of rotatable bonds is 7. The van der Waals surface area contributed by atoms with Gasteiger partial charge in [-0.2, -0.15) is 0 Å². The van der Waals surface area contributed by atoms with E-state index in [4.69, 9.17) is 9.47 Å². The van der Waals surface area contributed by atoms with Crippen LogP contribution in [0.4, 0.5) is 5.69 Å². The molecule has 0 fully saturated rings. The van der Waals surface area contributed by atoms with Crippen LogP contribution in [-0.4, -0.2) is 31.1 Å². The Kier molecular flexibility index (Phi) is 6.95. The minimum absolute atomic E-state index is 0.289. The maximum atomic E-state index is 12.0. The number of fused-ring (bicyclic) bond motifs is 1. The summed E-state index contributed by atoms with van der Waals surface area (Å²) in [5, 5.41) is 4.69. The zero-order valence-electron chi connectivity index (χ0n) is 16.5. The molecule has 0 aliphatic carbocycles. The predicted octanol–water partition coefficient (Wildman–Crippen LogP) is 4.21. The monoisotopic (exact) mass is 403 g/mol. The van der Waals surface area contributed by atoms with Gasteiger partial charge in [0.2, 0.25) is 0 Å². The van der Waals surface area contributed by atoms with E-state index < -0.39 is 24.5 Å². The lowest BCUT2D eigenvalue weighted by Gasteiger charge is -2.07. The first-order valence-corrected chi connectivity index (χ1v) is 9.46. The lowest BCUT2D eigenvalue weighted by atomic mass is 10.0. The number of hydrogen-bond donors (Lipinski definition) is 1. The Labute approximate surface area is 174 Å². The molecule has 3 aromatic rings. The van der Waals surface area contributed by atoms with Gasteiger partial charge in [-0.15, -0.1) is 0 Å². The van der Waals surface area contributed by atoms with E-state index in [-0.39, 0.29) is 6.61 Å². The number of nitrogens with one attached hydrogen (secondary N) is 1. The van der Waals surface area contributed by atoms with Crippen molar-refractivity contribution in [2.45, 2.75) is 6.92 Å². The molecule has 0 saturated carbocycles. The molecule has 0 atom stereocenters. The summed E-state index contributed by atoms with van der Waals surface area (Å²) in [7, 11) is 0. The zero-order valence-corrected chi connectivity index (χ0v) is 16.5. The van der Waals surface area contributed by atoms with Crippen molar-refractivity contribution in [2.24, 2.45) is 0 Å². The van der Waals surface area contributed by atoms with Crippen molar-refractivity contribution in [3.8, 4) is 0 Å². The highest BCUT2D eigenvalue weighted by atomic mass is 16.5. The first-order chi connectivity index (χ1) is 14.6. The van der Waals surface area contributed by atoms with Crippen molar-refractivity contribution in [3.05, 3.63) is 83.9 Å². The Bertz CT molecular complexity index is 1080. The predicted molar refractivity (Wildman–Crippen MR) is 115 cm³/mol. The number of hydrogen-bond acceptors (Lipinski definition) is 5. The molecule has 0 heterocycles. The Balaban J connectivity index is 1.51. The molecule has 6 nitrogen and oxygen atoms in total. The molecule has 3 aromatic carbocycles. The summed E-state index contributed by atoms with van der Waals surface area (Å²) < 4.78 is 9.89. The molecule has 6 heteroatoms. The van der Waals surface area contributed by atoms with Gasteiger partial charge in [-0.25, -0.2) is 9.59 Å². The molecule has 0 bridgehead atoms. The molecule has 0 spiro atoms. The molecule has 1 amide bonds. The van der Waals surface area contributed by atoms with Crippen LogP contribution in [0.1, 0.15) is 22.8 Å². The summed E-state index contributed by atoms with van der Waals surface area (Å²) in [6.07, 6.45) is 2.96. The van der Waals surface area contributed by atoms with Crippen molar-refractivity contribution < 1.29 is 23.9 Å². The van der Waals surface area contributed by atoms with Gasteiger partial charge < -0.3 is 14.8 Å². The number of carbonyl (C=O) groups excluding carboxylic acids is 3.